The topological polar surface area (TPSA) is 134 Å². The summed E-state index contributed by atoms with van der Waals surface area (Å²) in [7, 11) is 0. The second-order valence-corrected chi connectivity index (χ2v) is 7.54. The van der Waals surface area contributed by atoms with Crippen molar-refractivity contribution >= 4 is 40.2 Å². The third-order valence-electron chi connectivity index (χ3n) is 4.76. The summed E-state index contributed by atoms with van der Waals surface area (Å²) in [6.45, 7) is 2.02. The number of ether oxygens (including phenoxy) is 1. The van der Waals surface area contributed by atoms with E-state index in [9.17, 15) is 18.0 Å². The molecule has 1 amide bonds. The summed E-state index contributed by atoms with van der Waals surface area (Å²) < 4.78 is 48.0. The molecule has 5 N–H and O–H groups in total. The van der Waals surface area contributed by atoms with E-state index in [4.69, 9.17) is 27.8 Å². The first-order chi connectivity index (χ1) is 16.2. The van der Waals surface area contributed by atoms with Gasteiger partial charge in [-0.25, -0.2) is 18.0 Å². The van der Waals surface area contributed by atoms with Gasteiger partial charge in [-0.2, -0.15) is 19.7 Å². The lowest BCUT2D eigenvalue weighted by Crippen LogP contribution is -2.27. The van der Waals surface area contributed by atoms with E-state index in [2.05, 4.69) is 20.4 Å². The smallest absolute Gasteiger partial charge is 0.402 e. The van der Waals surface area contributed by atoms with E-state index >= 15 is 0 Å². The molecule has 0 aliphatic rings. The van der Waals surface area contributed by atoms with Gasteiger partial charge in [0, 0.05) is 29.4 Å². The Morgan fingerprint density at radius 1 is 1.15 bits per heavy atom. The number of nitrogens with two attached hydrogens (primary N) is 2. The number of benzene rings is 2. The fourth-order valence-corrected chi connectivity index (χ4v) is 3.47. The van der Waals surface area contributed by atoms with E-state index in [0.717, 1.165) is 6.07 Å². The molecule has 2 aromatic heterocycles. The molecule has 4 aromatic rings. The lowest BCUT2D eigenvalue weighted by molar-refractivity contribution is 0.201. The van der Waals surface area contributed by atoms with Gasteiger partial charge >= 0.3 is 6.09 Å². The van der Waals surface area contributed by atoms with Gasteiger partial charge < -0.3 is 21.5 Å². The van der Waals surface area contributed by atoms with Gasteiger partial charge in [-0.3, -0.25) is 0 Å². The predicted molar refractivity (Wildman–Crippen MR) is 119 cm³/mol. The van der Waals surface area contributed by atoms with Crippen molar-refractivity contribution in [3.8, 4) is 11.7 Å². The van der Waals surface area contributed by atoms with Gasteiger partial charge in [0.25, 0.3) is 5.95 Å². The number of amides is 1. The fourth-order valence-electron chi connectivity index (χ4n) is 3.30. The summed E-state index contributed by atoms with van der Waals surface area (Å²) in [5.74, 6) is -4.21. The zero-order chi connectivity index (χ0) is 24.6. The van der Waals surface area contributed by atoms with Crippen LogP contribution in [0.2, 0.25) is 5.02 Å². The van der Waals surface area contributed by atoms with Crippen LogP contribution >= 0.6 is 11.6 Å². The molecular weight excluding hydrogens is 475 g/mol. The van der Waals surface area contributed by atoms with Gasteiger partial charge in [-0.05, 0) is 36.8 Å². The van der Waals surface area contributed by atoms with Crippen molar-refractivity contribution in [3.63, 3.8) is 0 Å². The molecule has 0 spiro atoms. The average molecular weight is 492 g/mol. The van der Waals surface area contributed by atoms with Crippen LogP contribution in [0.4, 0.5) is 29.6 Å². The maximum Gasteiger partial charge on any atom is 0.412 e. The number of hydrogen-bond acceptors (Lipinski definition) is 7. The summed E-state index contributed by atoms with van der Waals surface area (Å²) in [6, 6.07) is 6.08. The van der Waals surface area contributed by atoms with Gasteiger partial charge in [0.1, 0.15) is 5.82 Å². The number of rotatable bonds is 5. The predicted octanol–water partition coefficient (Wildman–Crippen LogP) is 3.75. The minimum Gasteiger partial charge on any atom is -0.402 e. The summed E-state index contributed by atoms with van der Waals surface area (Å²) in [4.78, 5) is 19.9. The van der Waals surface area contributed by atoms with Crippen molar-refractivity contribution in [2.24, 2.45) is 0 Å². The van der Waals surface area contributed by atoms with Crippen LogP contribution < -0.4 is 21.5 Å². The summed E-state index contributed by atoms with van der Waals surface area (Å²) in [5, 5.41) is 7.62. The van der Waals surface area contributed by atoms with E-state index in [-0.39, 0.29) is 41.0 Å². The molecule has 34 heavy (non-hydrogen) atoms. The lowest BCUT2D eigenvalue weighted by atomic mass is 10.1. The van der Waals surface area contributed by atoms with Crippen molar-refractivity contribution in [2.45, 2.75) is 13.3 Å². The maximum atomic E-state index is 14.3. The highest BCUT2D eigenvalue weighted by atomic mass is 35.5. The quantitative estimate of drug-likeness (QED) is 0.362. The SMILES string of the molecule is CCNC(=O)Oc1c(N)nc(-n2nc(Cc3cc(F)cc(F)c3F)c3cc(Cl)ccc32)nc1N. The molecule has 0 saturated heterocycles. The molecule has 2 heterocycles. The molecule has 0 unspecified atom stereocenters. The van der Waals surface area contributed by atoms with Gasteiger partial charge in [-0.1, -0.05) is 11.6 Å². The van der Waals surface area contributed by atoms with Crippen LogP contribution in [0, 0.1) is 17.5 Å². The number of hydrogen-bond donors (Lipinski definition) is 3. The number of nitrogens with one attached hydrogen (secondary N) is 1. The third-order valence-corrected chi connectivity index (χ3v) is 4.99. The number of nitrogen functional groups attached to an aromatic ring is 2. The Hall–Kier alpha value is -4.06. The van der Waals surface area contributed by atoms with E-state index in [1.807, 2.05) is 0 Å². The van der Waals surface area contributed by atoms with Gasteiger partial charge in [0.05, 0.1) is 11.2 Å². The Balaban J connectivity index is 1.81. The highest BCUT2D eigenvalue weighted by Crippen LogP contribution is 2.30. The normalized spacial score (nSPS) is 11.1. The molecular formula is C21H17ClF3N7O2. The van der Waals surface area contributed by atoms with E-state index in [0.29, 0.717) is 28.5 Å². The van der Waals surface area contributed by atoms with Gasteiger partial charge in [0.2, 0.25) is 5.75 Å². The Morgan fingerprint density at radius 2 is 1.85 bits per heavy atom. The number of nitrogens with zero attached hydrogens (tertiary/aromatic N) is 4. The largest absolute Gasteiger partial charge is 0.412 e. The van der Waals surface area contributed by atoms with Crippen LogP contribution in [0.5, 0.6) is 5.75 Å². The van der Waals surface area contributed by atoms with Crippen molar-refractivity contribution in [1.29, 1.82) is 0 Å². The first kappa shape index (κ1) is 23.1. The maximum absolute atomic E-state index is 14.3. The molecule has 2 aromatic carbocycles. The van der Waals surface area contributed by atoms with Gasteiger partial charge in [-0.15, -0.1) is 0 Å². The van der Waals surface area contributed by atoms with E-state index < -0.39 is 23.5 Å². The molecule has 176 valence electrons. The number of carbonyl (C=O) groups is 1. The van der Waals surface area contributed by atoms with Crippen LogP contribution in [0.25, 0.3) is 16.9 Å². The molecule has 0 atom stereocenters. The minimum absolute atomic E-state index is 0.0808. The molecule has 13 heteroatoms. The summed E-state index contributed by atoms with van der Waals surface area (Å²) in [5.41, 5.74) is 12.3. The first-order valence-corrected chi connectivity index (χ1v) is 10.2. The van der Waals surface area contributed by atoms with Crippen molar-refractivity contribution in [1.82, 2.24) is 25.1 Å². The lowest BCUT2D eigenvalue weighted by Gasteiger charge is -2.11. The second kappa shape index (κ2) is 9.06. The number of aromatic nitrogens is 4. The standard InChI is InChI=1S/C21H17ClF3N7O2/c1-2-28-21(33)34-17-18(26)29-20(30-19(17)27)32-15-4-3-10(22)7-12(15)14(31-32)6-9-5-11(23)8-13(24)16(9)25/h3-5,7-8H,2,6H2,1H3,(H,28,33)(H4,26,27,29,30). The van der Waals surface area contributed by atoms with Crippen molar-refractivity contribution in [2.75, 3.05) is 18.0 Å². The Bertz CT molecular complexity index is 1400. The molecule has 0 aliphatic carbocycles. The number of fused-ring (bicyclic) bond motifs is 1. The molecule has 4 rings (SSSR count). The zero-order valence-electron chi connectivity index (χ0n) is 17.6. The molecule has 0 saturated carbocycles. The summed E-state index contributed by atoms with van der Waals surface area (Å²) >= 11 is 6.12. The number of halogens is 4. The van der Waals surface area contributed by atoms with E-state index in [1.54, 1.807) is 25.1 Å². The Morgan fingerprint density at radius 3 is 2.53 bits per heavy atom. The van der Waals surface area contributed by atoms with Crippen LogP contribution in [0.3, 0.4) is 0 Å². The van der Waals surface area contributed by atoms with Crippen LogP contribution in [-0.4, -0.2) is 32.4 Å². The second-order valence-electron chi connectivity index (χ2n) is 7.10. The molecule has 0 bridgehead atoms. The van der Waals surface area contributed by atoms with Crippen molar-refractivity contribution in [3.05, 3.63) is 64.1 Å². The average Bonchev–Trinajstić information content (AvgIpc) is 3.11. The van der Waals surface area contributed by atoms with Crippen LogP contribution in [-0.2, 0) is 6.42 Å². The van der Waals surface area contributed by atoms with Crippen LogP contribution in [0.15, 0.2) is 30.3 Å². The van der Waals surface area contributed by atoms with E-state index in [1.165, 1.54) is 4.68 Å². The number of carbonyl (C=O) groups excluding carboxylic acids is 1. The molecule has 0 aliphatic heterocycles. The third kappa shape index (κ3) is 4.39. The van der Waals surface area contributed by atoms with Crippen LogP contribution in [0.1, 0.15) is 18.2 Å². The highest BCUT2D eigenvalue weighted by molar-refractivity contribution is 6.31. The molecule has 0 fully saturated rings. The summed E-state index contributed by atoms with van der Waals surface area (Å²) in [6.07, 6.45) is -1.05. The van der Waals surface area contributed by atoms with Gasteiger partial charge in [0.15, 0.2) is 23.3 Å². The molecule has 9 nitrogen and oxygen atoms in total. The highest BCUT2D eigenvalue weighted by Gasteiger charge is 2.21. The zero-order valence-corrected chi connectivity index (χ0v) is 18.3. The Kier molecular flexibility index (Phi) is 6.16. The number of anilines is 2. The Labute approximate surface area is 195 Å². The minimum atomic E-state index is -1.32. The molecule has 0 radical (unpaired) electrons. The monoisotopic (exact) mass is 491 g/mol. The fraction of sp³-hybridized carbons (Fsp3) is 0.143. The first-order valence-electron chi connectivity index (χ1n) is 9.87. The van der Waals surface area contributed by atoms with Crippen molar-refractivity contribution < 1.29 is 22.7 Å².